The first-order valence-corrected chi connectivity index (χ1v) is 7.05. The van der Waals surface area contributed by atoms with Crippen molar-refractivity contribution in [2.45, 2.75) is 18.5 Å². The highest BCUT2D eigenvalue weighted by Crippen LogP contribution is 2.44. The Labute approximate surface area is 128 Å². The average Bonchev–Trinajstić information content (AvgIpc) is 2.82. The topological polar surface area (TPSA) is 18.5 Å². The molecule has 20 heavy (non-hydrogen) atoms. The molecule has 1 aliphatic heterocycles. The third kappa shape index (κ3) is 2.57. The molecule has 2 aromatic rings. The maximum Gasteiger partial charge on any atom is 0.185 e. The van der Waals surface area contributed by atoms with E-state index in [0.717, 1.165) is 11.1 Å². The summed E-state index contributed by atoms with van der Waals surface area (Å²) in [7, 11) is 0. The molecule has 0 spiro atoms. The van der Waals surface area contributed by atoms with Crippen LogP contribution in [0.4, 0.5) is 0 Å². The van der Waals surface area contributed by atoms with Crippen molar-refractivity contribution in [2.24, 2.45) is 0 Å². The van der Waals surface area contributed by atoms with Crippen LogP contribution in [0.25, 0.3) is 0 Å². The highest BCUT2D eigenvalue weighted by atomic mass is 35.5. The van der Waals surface area contributed by atoms with Crippen LogP contribution in [0.3, 0.4) is 0 Å². The highest BCUT2D eigenvalue weighted by Gasteiger charge is 2.37. The van der Waals surface area contributed by atoms with E-state index in [0.29, 0.717) is 10.0 Å². The molecule has 1 saturated heterocycles. The quantitative estimate of drug-likeness (QED) is 0.778. The number of hydrogen-bond acceptors (Lipinski definition) is 2. The Kier molecular flexibility index (Phi) is 3.99. The van der Waals surface area contributed by atoms with Crippen LogP contribution >= 0.6 is 23.2 Å². The predicted molar refractivity (Wildman–Crippen MR) is 79.7 cm³/mol. The molecule has 1 unspecified atom stereocenters. The Hall–Kier alpha value is -1.06. The second-order valence-corrected chi connectivity index (χ2v) is 5.42. The van der Waals surface area contributed by atoms with E-state index in [1.54, 1.807) is 18.2 Å². The minimum absolute atomic E-state index is 0.363. The predicted octanol–water partition coefficient (Wildman–Crippen LogP) is 4.98. The third-order valence-corrected chi connectivity index (χ3v) is 3.92. The monoisotopic (exact) mass is 307 g/mol. The van der Waals surface area contributed by atoms with Gasteiger partial charge in [-0.15, -0.1) is 0 Å². The van der Waals surface area contributed by atoms with E-state index in [2.05, 4.69) is 6.92 Å². The fourth-order valence-electron chi connectivity index (χ4n) is 2.29. The summed E-state index contributed by atoms with van der Waals surface area (Å²) in [4.78, 5) is 0. The first-order chi connectivity index (χ1) is 9.66. The van der Waals surface area contributed by atoms with Gasteiger partial charge in [-0.05, 0) is 19.1 Å². The number of benzene rings is 2. The molecule has 0 N–H and O–H groups in total. The van der Waals surface area contributed by atoms with Gasteiger partial charge in [-0.25, -0.2) is 0 Å². The summed E-state index contributed by atoms with van der Waals surface area (Å²) in [5.41, 5.74) is 1.68. The van der Waals surface area contributed by atoms with Crippen molar-refractivity contribution in [3.8, 4) is 0 Å². The second-order valence-electron chi connectivity index (χ2n) is 4.61. The molecule has 103 valence electrons. The lowest BCUT2D eigenvalue weighted by Gasteiger charge is -2.16. The molecule has 1 radical (unpaired) electrons. The number of hydrogen-bond donors (Lipinski definition) is 0. The molecule has 1 fully saturated rings. The van der Waals surface area contributed by atoms with Crippen LogP contribution in [-0.2, 0) is 9.47 Å². The lowest BCUT2D eigenvalue weighted by Crippen LogP contribution is -2.11. The van der Waals surface area contributed by atoms with Gasteiger partial charge in [-0.1, -0.05) is 59.6 Å². The largest absolute Gasteiger partial charge is 0.342 e. The normalized spacial score (nSPS) is 25.9. The Balaban J connectivity index is 1.90. The maximum atomic E-state index is 6.22. The van der Waals surface area contributed by atoms with Gasteiger partial charge in [0, 0.05) is 21.2 Å². The standard InChI is InChI=1S/C16H13Cl2O2/c1-10-15(14-12(17)8-5-9-13(14)18)20-16(19-10)11-6-3-2-4-7-11/h2-10,15-16H,1H2/t10-,15+,16?/m1/s1. The van der Waals surface area contributed by atoms with E-state index >= 15 is 0 Å². The van der Waals surface area contributed by atoms with Crippen LogP contribution in [-0.4, -0.2) is 6.10 Å². The van der Waals surface area contributed by atoms with Gasteiger partial charge in [-0.2, -0.15) is 0 Å². The van der Waals surface area contributed by atoms with Crippen molar-refractivity contribution in [1.29, 1.82) is 0 Å². The lowest BCUT2D eigenvalue weighted by atomic mass is 10.1. The van der Waals surface area contributed by atoms with Crippen LogP contribution in [0.2, 0.25) is 10.0 Å². The van der Waals surface area contributed by atoms with E-state index in [-0.39, 0.29) is 12.2 Å². The zero-order chi connectivity index (χ0) is 14.1. The van der Waals surface area contributed by atoms with E-state index in [4.69, 9.17) is 32.7 Å². The zero-order valence-electron chi connectivity index (χ0n) is 10.6. The van der Waals surface area contributed by atoms with Crippen LogP contribution in [0.1, 0.15) is 23.5 Å². The van der Waals surface area contributed by atoms with E-state index in [1.165, 1.54) is 0 Å². The molecule has 4 heteroatoms. The molecule has 0 bridgehead atoms. The number of rotatable bonds is 2. The van der Waals surface area contributed by atoms with Gasteiger partial charge >= 0.3 is 0 Å². The molecule has 0 aromatic heterocycles. The summed E-state index contributed by atoms with van der Waals surface area (Å²) in [6, 6.07) is 15.1. The van der Waals surface area contributed by atoms with E-state index in [9.17, 15) is 0 Å². The fraction of sp³-hybridized carbons (Fsp3) is 0.188. The van der Waals surface area contributed by atoms with Gasteiger partial charge in [0.2, 0.25) is 0 Å². The van der Waals surface area contributed by atoms with Crippen molar-refractivity contribution in [1.82, 2.24) is 0 Å². The van der Waals surface area contributed by atoms with Crippen molar-refractivity contribution in [3.63, 3.8) is 0 Å². The smallest absolute Gasteiger partial charge is 0.185 e. The van der Waals surface area contributed by atoms with Crippen LogP contribution in [0.5, 0.6) is 0 Å². The fourth-order valence-corrected chi connectivity index (χ4v) is 2.90. The minimum atomic E-state index is -0.448. The molecule has 3 rings (SSSR count). The van der Waals surface area contributed by atoms with E-state index in [1.807, 2.05) is 30.3 Å². The summed E-state index contributed by atoms with van der Waals surface area (Å²) in [6.45, 7) is 3.99. The number of ether oxygens (including phenoxy) is 2. The lowest BCUT2D eigenvalue weighted by molar-refractivity contribution is -0.0657. The van der Waals surface area contributed by atoms with Crippen molar-refractivity contribution >= 4 is 23.2 Å². The molecule has 1 aliphatic rings. The van der Waals surface area contributed by atoms with Gasteiger partial charge in [0.25, 0.3) is 0 Å². The van der Waals surface area contributed by atoms with Gasteiger partial charge in [0.05, 0.1) is 6.10 Å². The average molecular weight is 308 g/mol. The molecule has 2 aromatic carbocycles. The molecule has 0 amide bonds. The van der Waals surface area contributed by atoms with Crippen molar-refractivity contribution < 1.29 is 9.47 Å². The summed E-state index contributed by atoms with van der Waals surface area (Å²) in [5.74, 6) is 0. The molecular weight excluding hydrogens is 295 g/mol. The van der Waals surface area contributed by atoms with E-state index < -0.39 is 6.29 Å². The van der Waals surface area contributed by atoms with Gasteiger partial charge in [0.15, 0.2) is 6.29 Å². The van der Waals surface area contributed by atoms with Gasteiger partial charge in [0.1, 0.15) is 6.10 Å². The van der Waals surface area contributed by atoms with Crippen LogP contribution in [0, 0.1) is 6.92 Å². The Morgan fingerprint density at radius 3 is 2.15 bits per heavy atom. The summed E-state index contributed by atoms with van der Waals surface area (Å²) >= 11 is 12.4. The minimum Gasteiger partial charge on any atom is -0.342 e. The molecule has 0 aliphatic carbocycles. The highest BCUT2D eigenvalue weighted by molar-refractivity contribution is 6.36. The van der Waals surface area contributed by atoms with Crippen molar-refractivity contribution in [2.75, 3.05) is 0 Å². The van der Waals surface area contributed by atoms with Gasteiger partial charge in [-0.3, -0.25) is 0 Å². The zero-order valence-corrected chi connectivity index (χ0v) is 12.1. The SMILES string of the molecule is [CH2][C@H]1OC(c2ccccc2)O[C@@H]1c1c(Cl)cccc1Cl. The van der Waals surface area contributed by atoms with Crippen molar-refractivity contribution in [3.05, 3.63) is 76.6 Å². The first-order valence-electron chi connectivity index (χ1n) is 6.29. The van der Waals surface area contributed by atoms with Gasteiger partial charge < -0.3 is 9.47 Å². The molecule has 1 heterocycles. The number of halogens is 2. The summed E-state index contributed by atoms with van der Waals surface area (Å²) in [6.07, 6.45) is -1.19. The van der Waals surface area contributed by atoms with Crippen LogP contribution in [0.15, 0.2) is 48.5 Å². The molecule has 2 nitrogen and oxygen atoms in total. The summed E-state index contributed by atoms with van der Waals surface area (Å²) < 4.78 is 11.7. The molecular formula is C16H13Cl2O2. The Morgan fingerprint density at radius 1 is 0.850 bits per heavy atom. The first kappa shape index (κ1) is 13.9. The summed E-state index contributed by atoms with van der Waals surface area (Å²) in [5, 5.41) is 1.13. The molecule has 3 atom stereocenters. The third-order valence-electron chi connectivity index (χ3n) is 3.26. The maximum absolute atomic E-state index is 6.22. The Bertz CT molecular complexity index is 580. The van der Waals surface area contributed by atoms with Crippen LogP contribution < -0.4 is 0 Å². The second kappa shape index (κ2) is 5.74. The Morgan fingerprint density at radius 2 is 1.50 bits per heavy atom. The molecule has 0 saturated carbocycles.